The summed E-state index contributed by atoms with van der Waals surface area (Å²) in [6.07, 6.45) is 1.62. The Bertz CT molecular complexity index is 221. The molecule has 0 saturated heterocycles. The van der Waals surface area contributed by atoms with Gasteiger partial charge in [0.2, 0.25) is 0 Å². The fraction of sp³-hybridized carbons (Fsp3) is 0.923. The van der Waals surface area contributed by atoms with Crippen molar-refractivity contribution >= 4 is 5.97 Å². The molecule has 0 aliphatic heterocycles. The van der Waals surface area contributed by atoms with Gasteiger partial charge in [-0.3, -0.25) is 9.69 Å². The van der Waals surface area contributed by atoms with Crippen molar-refractivity contribution in [2.45, 2.75) is 52.2 Å². The van der Waals surface area contributed by atoms with E-state index in [1.54, 1.807) is 0 Å². The third kappa shape index (κ3) is 9.39. The molecule has 0 aromatic rings. The second-order valence-electron chi connectivity index (χ2n) is 4.81. The van der Waals surface area contributed by atoms with Gasteiger partial charge in [-0.1, -0.05) is 13.3 Å². The monoisotopic (exact) mass is 261 g/mol. The number of aliphatic hydroxyl groups excluding tert-OH is 1. The topological polar surface area (TPSA) is 70.0 Å². The van der Waals surface area contributed by atoms with E-state index in [0.29, 0.717) is 26.3 Å². The maximum atomic E-state index is 10.5. The quantitative estimate of drug-likeness (QED) is 0.549. The van der Waals surface area contributed by atoms with Crippen LogP contribution in [0.4, 0.5) is 0 Å². The van der Waals surface area contributed by atoms with Gasteiger partial charge < -0.3 is 14.9 Å². The van der Waals surface area contributed by atoms with Gasteiger partial charge in [0.05, 0.1) is 19.1 Å². The highest BCUT2D eigenvalue weighted by Gasteiger charge is 2.15. The Balaban J connectivity index is 3.88. The van der Waals surface area contributed by atoms with Gasteiger partial charge in [-0.15, -0.1) is 0 Å². The lowest BCUT2D eigenvalue weighted by atomic mass is 10.2. The van der Waals surface area contributed by atoms with Gasteiger partial charge in [-0.2, -0.15) is 0 Å². The van der Waals surface area contributed by atoms with Crippen LogP contribution in [0.2, 0.25) is 0 Å². The summed E-state index contributed by atoms with van der Waals surface area (Å²) >= 11 is 0. The van der Waals surface area contributed by atoms with Crippen molar-refractivity contribution in [2.75, 3.05) is 26.3 Å². The van der Waals surface area contributed by atoms with E-state index in [-0.39, 0.29) is 12.5 Å². The summed E-state index contributed by atoms with van der Waals surface area (Å²) in [5, 5.41) is 18.5. The van der Waals surface area contributed by atoms with Gasteiger partial charge in [0, 0.05) is 25.7 Å². The van der Waals surface area contributed by atoms with E-state index in [9.17, 15) is 9.90 Å². The highest BCUT2D eigenvalue weighted by molar-refractivity contribution is 5.66. The first-order valence-electron chi connectivity index (χ1n) is 6.69. The van der Waals surface area contributed by atoms with Crippen LogP contribution < -0.4 is 0 Å². The molecular weight excluding hydrogens is 234 g/mol. The molecule has 1 unspecified atom stereocenters. The molecule has 0 spiro atoms. The molecule has 0 saturated carbocycles. The number of nitrogens with zero attached hydrogens (tertiary/aromatic N) is 1. The smallest absolute Gasteiger partial charge is 0.304 e. The molecule has 0 heterocycles. The molecule has 1 atom stereocenters. The zero-order valence-corrected chi connectivity index (χ0v) is 11.8. The molecule has 0 fully saturated rings. The fourth-order valence-corrected chi connectivity index (χ4v) is 1.59. The van der Waals surface area contributed by atoms with E-state index in [2.05, 4.69) is 6.92 Å². The Kier molecular flexibility index (Phi) is 9.92. The number of ether oxygens (including phenoxy) is 1. The highest BCUT2D eigenvalue weighted by atomic mass is 16.5. The lowest BCUT2D eigenvalue weighted by molar-refractivity contribution is -0.137. The lowest BCUT2D eigenvalue weighted by Gasteiger charge is -2.28. The molecule has 0 radical (unpaired) electrons. The minimum absolute atomic E-state index is 0.0988. The molecule has 0 rings (SSSR count). The van der Waals surface area contributed by atoms with Gasteiger partial charge in [-0.05, 0) is 20.3 Å². The van der Waals surface area contributed by atoms with E-state index in [1.165, 1.54) is 0 Å². The summed E-state index contributed by atoms with van der Waals surface area (Å²) in [6, 6.07) is 0.217. The van der Waals surface area contributed by atoms with Crippen molar-refractivity contribution in [1.29, 1.82) is 0 Å². The molecule has 0 aliphatic rings. The summed E-state index contributed by atoms with van der Waals surface area (Å²) in [5.74, 6) is -0.811. The minimum atomic E-state index is -0.811. The largest absolute Gasteiger partial charge is 0.481 e. The molecule has 5 heteroatoms. The SMILES string of the molecule is CCCCOCC(O)CN(CCC(=O)O)C(C)C. The summed E-state index contributed by atoms with van der Waals surface area (Å²) in [6.45, 7) is 7.97. The summed E-state index contributed by atoms with van der Waals surface area (Å²) in [4.78, 5) is 12.5. The zero-order valence-electron chi connectivity index (χ0n) is 11.8. The molecule has 5 nitrogen and oxygen atoms in total. The van der Waals surface area contributed by atoms with Crippen LogP contribution in [0.1, 0.15) is 40.0 Å². The average molecular weight is 261 g/mol. The molecule has 0 amide bonds. The summed E-state index contributed by atoms with van der Waals surface area (Å²) in [7, 11) is 0. The van der Waals surface area contributed by atoms with Crippen LogP contribution >= 0.6 is 0 Å². The molecule has 0 bridgehead atoms. The molecule has 0 aliphatic carbocycles. The molecule has 0 aromatic heterocycles. The van der Waals surface area contributed by atoms with Crippen molar-refractivity contribution < 1.29 is 19.7 Å². The van der Waals surface area contributed by atoms with Crippen LogP contribution in [-0.4, -0.2) is 59.5 Å². The molecule has 18 heavy (non-hydrogen) atoms. The standard InChI is InChI=1S/C13H27NO4/c1-4-5-8-18-10-12(15)9-14(11(2)3)7-6-13(16)17/h11-12,15H,4-10H2,1-3H3,(H,16,17). The Hall–Kier alpha value is -0.650. The van der Waals surface area contributed by atoms with Gasteiger partial charge in [0.25, 0.3) is 0 Å². The zero-order chi connectivity index (χ0) is 14.0. The van der Waals surface area contributed by atoms with Gasteiger partial charge in [-0.25, -0.2) is 0 Å². The van der Waals surface area contributed by atoms with Crippen LogP contribution in [0, 0.1) is 0 Å². The number of hydrogen-bond acceptors (Lipinski definition) is 4. The second kappa shape index (κ2) is 10.3. The van der Waals surface area contributed by atoms with Crippen molar-refractivity contribution in [3.63, 3.8) is 0 Å². The Morgan fingerprint density at radius 2 is 2.06 bits per heavy atom. The van der Waals surface area contributed by atoms with Crippen molar-refractivity contribution in [2.24, 2.45) is 0 Å². The number of unbranched alkanes of at least 4 members (excludes halogenated alkanes) is 1. The minimum Gasteiger partial charge on any atom is -0.481 e. The van der Waals surface area contributed by atoms with Crippen molar-refractivity contribution in [3.8, 4) is 0 Å². The van der Waals surface area contributed by atoms with E-state index in [4.69, 9.17) is 9.84 Å². The first-order chi connectivity index (χ1) is 8.47. The van der Waals surface area contributed by atoms with Gasteiger partial charge in [0.1, 0.15) is 0 Å². The number of rotatable bonds is 11. The number of carbonyl (C=O) groups is 1. The third-order valence-corrected chi connectivity index (χ3v) is 2.74. The lowest BCUT2D eigenvalue weighted by Crippen LogP contribution is -2.40. The molecular formula is C13H27NO4. The maximum absolute atomic E-state index is 10.5. The Morgan fingerprint density at radius 3 is 2.56 bits per heavy atom. The first kappa shape index (κ1) is 17.4. The highest BCUT2D eigenvalue weighted by Crippen LogP contribution is 2.03. The van der Waals surface area contributed by atoms with Gasteiger partial charge >= 0.3 is 5.97 Å². The normalized spacial score (nSPS) is 13.2. The molecule has 108 valence electrons. The number of hydrogen-bond donors (Lipinski definition) is 2. The first-order valence-corrected chi connectivity index (χ1v) is 6.69. The number of carboxylic acid groups (broad SMARTS) is 1. The van der Waals surface area contributed by atoms with Crippen LogP contribution in [0.25, 0.3) is 0 Å². The molecule has 0 aromatic carbocycles. The predicted molar refractivity (Wildman–Crippen MR) is 70.7 cm³/mol. The summed E-state index contributed by atoms with van der Waals surface area (Å²) < 4.78 is 5.35. The van der Waals surface area contributed by atoms with E-state index >= 15 is 0 Å². The van der Waals surface area contributed by atoms with Crippen LogP contribution in [0.15, 0.2) is 0 Å². The van der Waals surface area contributed by atoms with Gasteiger partial charge in [0.15, 0.2) is 0 Å². The maximum Gasteiger partial charge on any atom is 0.304 e. The fourth-order valence-electron chi connectivity index (χ4n) is 1.59. The van der Waals surface area contributed by atoms with Crippen LogP contribution in [-0.2, 0) is 9.53 Å². The van der Waals surface area contributed by atoms with Crippen molar-refractivity contribution in [1.82, 2.24) is 4.90 Å². The third-order valence-electron chi connectivity index (χ3n) is 2.74. The Morgan fingerprint density at radius 1 is 1.39 bits per heavy atom. The average Bonchev–Trinajstić information content (AvgIpc) is 2.29. The molecule has 2 N–H and O–H groups in total. The number of carboxylic acids is 1. The second-order valence-corrected chi connectivity index (χ2v) is 4.81. The van der Waals surface area contributed by atoms with E-state index in [0.717, 1.165) is 12.8 Å². The number of aliphatic hydroxyl groups is 1. The van der Waals surface area contributed by atoms with Crippen molar-refractivity contribution in [3.05, 3.63) is 0 Å². The van der Waals surface area contributed by atoms with Crippen LogP contribution in [0.3, 0.4) is 0 Å². The number of aliphatic carboxylic acids is 1. The summed E-state index contributed by atoms with van der Waals surface area (Å²) in [5.41, 5.74) is 0. The van der Waals surface area contributed by atoms with E-state index in [1.807, 2.05) is 18.7 Å². The Labute approximate surface area is 110 Å². The van der Waals surface area contributed by atoms with Crippen LogP contribution in [0.5, 0.6) is 0 Å². The van der Waals surface area contributed by atoms with E-state index < -0.39 is 12.1 Å². The predicted octanol–water partition coefficient (Wildman–Crippen LogP) is 1.35.